The third kappa shape index (κ3) is 4.24. The van der Waals surface area contributed by atoms with Crippen LogP contribution in [0, 0.1) is 0 Å². The Labute approximate surface area is 147 Å². The SMILES string of the molecule is COc1ccc(NC(=O)C(C)N2CCN(c3ncccn3)CC2)cc1. The predicted molar refractivity (Wildman–Crippen MR) is 96.9 cm³/mol. The van der Waals surface area contributed by atoms with Crippen molar-refractivity contribution in [3.8, 4) is 5.75 Å². The van der Waals surface area contributed by atoms with Gasteiger partial charge in [-0.05, 0) is 37.3 Å². The van der Waals surface area contributed by atoms with Crippen molar-refractivity contribution in [2.24, 2.45) is 0 Å². The number of ether oxygens (including phenoxy) is 1. The van der Waals surface area contributed by atoms with Crippen molar-refractivity contribution in [3.05, 3.63) is 42.7 Å². The number of rotatable bonds is 5. The van der Waals surface area contributed by atoms with Crippen molar-refractivity contribution >= 4 is 17.5 Å². The average molecular weight is 341 g/mol. The summed E-state index contributed by atoms with van der Waals surface area (Å²) in [6, 6.07) is 8.96. The van der Waals surface area contributed by atoms with Crippen LogP contribution < -0.4 is 15.0 Å². The second-order valence-corrected chi connectivity index (χ2v) is 5.97. The van der Waals surface area contributed by atoms with E-state index in [1.54, 1.807) is 19.5 Å². The second-order valence-electron chi connectivity index (χ2n) is 5.97. The molecule has 1 fully saturated rings. The van der Waals surface area contributed by atoms with E-state index in [1.165, 1.54) is 0 Å². The average Bonchev–Trinajstić information content (AvgIpc) is 2.69. The van der Waals surface area contributed by atoms with Gasteiger partial charge < -0.3 is 15.0 Å². The molecule has 7 heteroatoms. The van der Waals surface area contributed by atoms with Gasteiger partial charge in [0.1, 0.15) is 5.75 Å². The van der Waals surface area contributed by atoms with E-state index in [2.05, 4.69) is 25.1 Å². The molecular weight excluding hydrogens is 318 g/mol. The molecule has 25 heavy (non-hydrogen) atoms. The van der Waals surface area contributed by atoms with Crippen molar-refractivity contribution in [1.29, 1.82) is 0 Å². The number of nitrogens with one attached hydrogen (secondary N) is 1. The van der Waals surface area contributed by atoms with E-state index in [4.69, 9.17) is 4.74 Å². The monoisotopic (exact) mass is 341 g/mol. The number of methoxy groups -OCH3 is 1. The number of hydrogen-bond acceptors (Lipinski definition) is 6. The molecule has 1 unspecified atom stereocenters. The van der Waals surface area contributed by atoms with Gasteiger partial charge in [0.15, 0.2) is 0 Å². The summed E-state index contributed by atoms with van der Waals surface area (Å²) in [5.74, 6) is 1.51. The van der Waals surface area contributed by atoms with Gasteiger partial charge in [0.05, 0.1) is 13.2 Å². The van der Waals surface area contributed by atoms with Gasteiger partial charge in [-0.25, -0.2) is 9.97 Å². The van der Waals surface area contributed by atoms with Crippen molar-refractivity contribution in [2.75, 3.05) is 43.5 Å². The molecule has 1 aliphatic rings. The summed E-state index contributed by atoms with van der Waals surface area (Å²) in [5.41, 5.74) is 0.772. The van der Waals surface area contributed by atoms with Gasteiger partial charge in [-0.2, -0.15) is 0 Å². The zero-order valence-corrected chi connectivity index (χ0v) is 14.6. The molecule has 1 aromatic heterocycles. The smallest absolute Gasteiger partial charge is 0.241 e. The minimum atomic E-state index is -0.194. The third-order valence-corrected chi connectivity index (χ3v) is 4.43. The van der Waals surface area contributed by atoms with Crippen molar-refractivity contribution in [3.63, 3.8) is 0 Å². The van der Waals surface area contributed by atoms with Gasteiger partial charge in [0.2, 0.25) is 11.9 Å². The fourth-order valence-electron chi connectivity index (χ4n) is 2.85. The Morgan fingerprint density at radius 3 is 2.36 bits per heavy atom. The highest BCUT2D eigenvalue weighted by atomic mass is 16.5. The molecule has 0 bridgehead atoms. The molecule has 1 aliphatic heterocycles. The van der Waals surface area contributed by atoms with Crippen LogP contribution in [0.3, 0.4) is 0 Å². The number of carbonyl (C=O) groups is 1. The van der Waals surface area contributed by atoms with E-state index in [9.17, 15) is 4.79 Å². The summed E-state index contributed by atoms with van der Waals surface area (Å²) >= 11 is 0. The number of hydrogen-bond donors (Lipinski definition) is 1. The zero-order chi connectivity index (χ0) is 17.6. The number of piperazine rings is 1. The minimum Gasteiger partial charge on any atom is -0.497 e. The highest BCUT2D eigenvalue weighted by Gasteiger charge is 2.26. The van der Waals surface area contributed by atoms with Crippen LogP contribution in [-0.2, 0) is 4.79 Å². The van der Waals surface area contributed by atoms with Crippen LogP contribution in [0.1, 0.15) is 6.92 Å². The first-order valence-corrected chi connectivity index (χ1v) is 8.38. The normalized spacial score (nSPS) is 16.3. The lowest BCUT2D eigenvalue weighted by molar-refractivity contribution is -0.120. The number of carbonyl (C=O) groups excluding carboxylic acids is 1. The van der Waals surface area contributed by atoms with Crippen molar-refractivity contribution < 1.29 is 9.53 Å². The van der Waals surface area contributed by atoms with Gasteiger partial charge in [-0.15, -0.1) is 0 Å². The molecule has 1 saturated heterocycles. The molecule has 0 spiro atoms. The zero-order valence-electron chi connectivity index (χ0n) is 14.6. The Kier molecular flexibility index (Phi) is 5.45. The number of nitrogens with zero attached hydrogens (tertiary/aromatic N) is 4. The van der Waals surface area contributed by atoms with Crippen LogP contribution in [0.2, 0.25) is 0 Å². The second kappa shape index (κ2) is 7.94. The van der Waals surface area contributed by atoms with Crippen LogP contribution in [0.4, 0.5) is 11.6 Å². The summed E-state index contributed by atoms with van der Waals surface area (Å²) in [6.07, 6.45) is 3.50. The summed E-state index contributed by atoms with van der Waals surface area (Å²) in [4.78, 5) is 25.4. The first-order valence-electron chi connectivity index (χ1n) is 8.38. The maximum absolute atomic E-state index is 12.5. The Morgan fingerprint density at radius 2 is 1.76 bits per heavy atom. The maximum atomic E-state index is 12.5. The molecule has 0 aliphatic carbocycles. The Bertz CT molecular complexity index is 684. The maximum Gasteiger partial charge on any atom is 0.241 e. The molecule has 2 heterocycles. The molecule has 0 radical (unpaired) electrons. The van der Waals surface area contributed by atoms with E-state index in [0.29, 0.717) is 0 Å². The minimum absolute atomic E-state index is 0.00502. The molecule has 1 aromatic carbocycles. The first-order chi connectivity index (χ1) is 12.2. The quantitative estimate of drug-likeness (QED) is 0.891. The van der Waals surface area contributed by atoms with E-state index in [0.717, 1.165) is 43.6 Å². The summed E-state index contributed by atoms with van der Waals surface area (Å²) in [5, 5.41) is 2.96. The third-order valence-electron chi connectivity index (χ3n) is 4.43. The van der Waals surface area contributed by atoms with Gasteiger partial charge in [-0.3, -0.25) is 9.69 Å². The molecule has 1 N–H and O–H groups in total. The summed E-state index contributed by atoms with van der Waals surface area (Å²) in [7, 11) is 1.62. The van der Waals surface area contributed by atoms with Crippen LogP contribution >= 0.6 is 0 Å². The van der Waals surface area contributed by atoms with Gasteiger partial charge in [0.25, 0.3) is 0 Å². The fraction of sp³-hybridized carbons (Fsp3) is 0.389. The molecule has 3 rings (SSSR count). The summed E-state index contributed by atoms with van der Waals surface area (Å²) < 4.78 is 5.13. The van der Waals surface area contributed by atoms with E-state index < -0.39 is 0 Å². The van der Waals surface area contributed by atoms with Crippen LogP contribution in [0.5, 0.6) is 5.75 Å². The molecule has 132 valence electrons. The number of anilines is 2. The Balaban J connectivity index is 1.52. The molecule has 1 atom stereocenters. The fourth-order valence-corrected chi connectivity index (χ4v) is 2.85. The van der Waals surface area contributed by atoms with Gasteiger partial charge >= 0.3 is 0 Å². The predicted octanol–water partition coefficient (Wildman–Crippen LogP) is 1.63. The molecular formula is C18H23N5O2. The van der Waals surface area contributed by atoms with Gasteiger partial charge in [-0.1, -0.05) is 0 Å². The lowest BCUT2D eigenvalue weighted by atomic mass is 10.2. The Morgan fingerprint density at radius 1 is 1.12 bits per heavy atom. The summed E-state index contributed by atoms with van der Waals surface area (Å²) in [6.45, 7) is 5.16. The van der Waals surface area contributed by atoms with Crippen LogP contribution in [0.25, 0.3) is 0 Å². The molecule has 2 aromatic rings. The first kappa shape index (κ1) is 17.2. The van der Waals surface area contributed by atoms with Crippen LogP contribution in [-0.4, -0.2) is 60.1 Å². The lowest BCUT2D eigenvalue weighted by Gasteiger charge is -2.37. The van der Waals surface area contributed by atoms with Gasteiger partial charge in [0, 0.05) is 44.3 Å². The lowest BCUT2D eigenvalue weighted by Crippen LogP contribution is -2.53. The van der Waals surface area contributed by atoms with Crippen LogP contribution in [0.15, 0.2) is 42.7 Å². The number of amides is 1. The molecule has 1 amide bonds. The topological polar surface area (TPSA) is 70.6 Å². The van der Waals surface area contributed by atoms with Crippen molar-refractivity contribution in [2.45, 2.75) is 13.0 Å². The highest BCUT2D eigenvalue weighted by molar-refractivity contribution is 5.94. The number of aromatic nitrogens is 2. The van der Waals surface area contributed by atoms with E-state index >= 15 is 0 Å². The largest absolute Gasteiger partial charge is 0.497 e. The molecule has 0 saturated carbocycles. The molecule has 7 nitrogen and oxygen atoms in total. The highest BCUT2D eigenvalue weighted by Crippen LogP contribution is 2.17. The van der Waals surface area contributed by atoms with E-state index in [-0.39, 0.29) is 11.9 Å². The van der Waals surface area contributed by atoms with E-state index in [1.807, 2.05) is 37.3 Å². The standard InChI is InChI=1S/C18H23N5O2/c1-14(17(24)21-15-4-6-16(25-2)7-5-15)22-10-12-23(13-11-22)18-19-8-3-9-20-18/h3-9,14H,10-13H2,1-2H3,(H,21,24). The Hall–Kier alpha value is -2.67. The number of benzene rings is 1. The van der Waals surface area contributed by atoms with Crippen molar-refractivity contribution in [1.82, 2.24) is 14.9 Å².